The van der Waals surface area contributed by atoms with Crippen LogP contribution in [0.15, 0.2) is 35.7 Å². The molecule has 0 aliphatic carbocycles. The number of hydrogen-bond donors (Lipinski definition) is 1. The van der Waals surface area contributed by atoms with Crippen LogP contribution in [0.5, 0.6) is 0 Å². The largest absolute Gasteiger partial charge is 0.392 e. The molecule has 1 aromatic carbocycles. The van der Waals surface area contributed by atoms with E-state index in [-0.39, 0.29) is 6.10 Å². The fraction of sp³-hybridized carbons (Fsp3) is 0.450. The van der Waals surface area contributed by atoms with E-state index < -0.39 is 0 Å². The molecule has 1 unspecified atom stereocenters. The summed E-state index contributed by atoms with van der Waals surface area (Å²) in [6.45, 7) is 10.6. The van der Waals surface area contributed by atoms with Gasteiger partial charge in [-0.3, -0.25) is 4.90 Å². The van der Waals surface area contributed by atoms with Gasteiger partial charge in [0.2, 0.25) is 0 Å². The van der Waals surface area contributed by atoms with Crippen LogP contribution in [-0.2, 0) is 13.1 Å². The van der Waals surface area contributed by atoms with Crippen molar-refractivity contribution in [2.24, 2.45) is 0 Å². The van der Waals surface area contributed by atoms with Crippen LogP contribution < -0.4 is 0 Å². The van der Waals surface area contributed by atoms with Gasteiger partial charge in [-0.2, -0.15) is 0 Å². The Morgan fingerprint density at radius 3 is 2.56 bits per heavy atom. The molecule has 134 valence electrons. The number of aryl methyl sites for hydroxylation is 1. The molecule has 0 amide bonds. The average molecular weight is 358 g/mol. The van der Waals surface area contributed by atoms with Crippen molar-refractivity contribution in [2.45, 2.75) is 52.9 Å². The van der Waals surface area contributed by atoms with Crippen molar-refractivity contribution in [1.82, 2.24) is 14.5 Å². The monoisotopic (exact) mass is 357 g/mol. The highest BCUT2D eigenvalue weighted by Gasteiger charge is 2.18. The Bertz CT molecular complexity index is 834. The Labute approximate surface area is 153 Å². The van der Waals surface area contributed by atoms with Gasteiger partial charge in [0.1, 0.15) is 5.82 Å². The SMILES string of the molecule is Cc1ccsc1CN(Cc1nc2ccccc2n1C(C)C)CC(C)O. The fourth-order valence-corrected chi connectivity index (χ4v) is 4.26. The van der Waals surface area contributed by atoms with E-state index in [4.69, 9.17) is 4.98 Å². The number of benzene rings is 1. The molecule has 0 saturated carbocycles. The summed E-state index contributed by atoms with van der Waals surface area (Å²) >= 11 is 1.78. The smallest absolute Gasteiger partial charge is 0.124 e. The highest BCUT2D eigenvalue weighted by molar-refractivity contribution is 7.10. The minimum atomic E-state index is -0.364. The molecule has 1 N–H and O–H groups in total. The third kappa shape index (κ3) is 4.11. The van der Waals surface area contributed by atoms with E-state index in [9.17, 15) is 5.11 Å². The summed E-state index contributed by atoms with van der Waals surface area (Å²) in [4.78, 5) is 8.53. The van der Waals surface area contributed by atoms with Crippen molar-refractivity contribution in [2.75, 3.05) is 6.54 Å². The average Bonchev–Trinajstić information content (AvgIpc) is 3.10. The van der Waals surface area contributed by atoms with Crippen molar-refractivity contribution in [3.8, 4) is 0 Å². The third-order valence-corrected chi connectivity index (χ3v) is 5.42. The maximum Gasteiger partial charge on any atom is 0.124 e. The normalized spacial score (nSPS) is 13.2. The Hall–Kier alpha value is -1.69. The molecule has 0 bridgehead atoms. The number of fused-ring (bicyclic) bond motifs is 1. The molecule has 0 aliphatic rings. The second-order valence-corrected chi connectivity index (χ2v) is 8.03. The van der Waals surface area contributed by atoms with E-state index in [1.807, 2.05) is 13.0 Å². The summed E-state index contributed by atoms with van der Waals surface area (Å²) in [6, 6.07) is 10.8. The van der Waals surface area contributed by atoms with Crippen molar-refractivity contribution in [3.63, 3.8) is 0 Å². The first kappa shape index (κ1) is 18.1. The molecule has 3 rings (SSSR count). The van der Waals surface area contributed by atoms with E-state index >= 15 is 0 Å². The Morgan fingerprint density at radius 2 is 1.92 bits per heavy atom. The van der Waals surface area contributed by atoms with Crippen LogP contribution in [0.25, 0.3) is 11.0 Å². The molecule has 1 atom stereocenters. The predicted molar refractivity (Wildman–Crippen MR) is 105 cm³/mol. The summed E-state index contributed by atoms with van der Waals surface area (Å²) in [6.07, 6.45) is -0.364. The molecule has 4 nitrogen and oxygen atoms in total. The summed E-state index contributed by atoms with van der Waals surface area (Å²) in [5.41, 5.74) is 3.53. The van der Waals surface area contributed by atoms with Gasteiger partial charge in [0, 0.05) is 24.0 Å². The van der Waals surface area contributed by atoms with E-state index in [0.717, 1.165) is 24.4 Å². The van der Waals surface area contributed by atoms with Crippen molar-refractivity contribution < 1.29 is 5.11 Å². The number of para-hydroxylation sites is 2. The molecular formula is C20H27N3OS. The number of rotatable bonds is 7. The molecule has 0 saturated heterocycles. The maximum absolute atomic E-state index is 9.95. The summed E-state index contributed by atoms with van der Waals surface area (Å²) in [7, 11) is 0. The Balaban J connectivity index is 1.92. The van der Waals surface area contributed by atoms with Crippen LogP contribution in [0, 0.1) is 6.92 Å². The lowest BCUT2D eigenvalue weighted by molar-refractivity contribution is 0.116. The van der Waals surface area contributed by atoms with E-state index in [2.05, 4.69) is 59.9 Å². The molecule has 0 radical (unpaired) electrons. The lowest BCUT2D eigenvalue weighted by Gasteiger charge is -2.24. The quantitative estimate of drug-likeness (QED) is 0.683. The lowest BCUT2D eigenvalue weighted by Crippen LogP contribution is -2.31. The van der Waals surface area contributed by atoms with Crippen LogP contribution in [0.2, 0.25) is 0 Å². The second-order valence-electron chi connectivity index (χ2n) is 7.03. The number of aliphatic hydroxyl groups is 1. The lowest BCUT2D eigenvalue weighted by atomic mass is 10.2. The highest BCUT2D eigenvalue weighted by Crippen LogP contribution is 2.24. The van der Waals surface area contributed by atoms with Gasteiger partial charge in [-0.15, -0.1) is 11.3 Å². The Morgan fingerprint density at radius 1 is 1.16 bits per heavy atom. The van der Waals surface area contributed by atoms with Crippen molar-refractivity contribution in [3.05, 3.63) is 52.0 Å². The predicted octanol–water partition coefficient (Wildman–Crippen LogP) is 4.37. The summed E-state index contributed by atoms with van der Waals surface area (Å²) in [5, 5.41) is 12.1. The van der Waals surface area contributed by atoms with Crippen LogP contribution in [0.4, 0.5) is 0 Å². The first-order valence-electron chi connectivity index (χ1n) is 8.85. The minimum absolute atomic E-state index is 0.347. The van der Waals surface area contributed by atoms with Crippen LogP contribution in [0.1, 0.15) is 43.1 Å². The first-order valence-corrected chi connectivity index (χ1v) is 9.73. The van der Waals surface area contributed by atoms with Crippen molar-refractivity contribution >= 4 is 22.4 Å². The van der Waals surface area contributed by atoms with Crippen LogP contribution in [0.3, 0.4) is 0 Å². The summed E-state index contributed by atoms with van der Waals surface area (Å²) in [5.74, 6) is 1.06. The number of hydrogen-bond acceptors (Lipinski definition) is 4. The molecule has 5 heteroatoms. The molecule has 0 spiro atoms. The van der Waals surface area contributed by atoms with Crippen LogP contribution in [-0.4, -0.2) is 32.2 Å². The van der Waals surface area contributed by atoms with Gasteiger partial charge < -0.3 is 9.67 Å². The molecule has 0 aliphatic heterocycles. The number of aliphatic hydroxyl groups excluding tert-OH is 1. The molecule has 3 aromatic rings. The standard InChI is InChI=1S/C20H27N3OS/c1-14(2)23-18-8-6-5-7-17(18)21-20(23)13-22(11-16(4)24)12-19-15(3)9-10-25-19/h5-10,14,16,24H,11-13H2,1-4H3. The fourth-order valence-electron chi connectivity index (χ4n) is 3.31. The number of aromatic nitrogens is 2. The molecular weight excluding hydrogens is 330 g/mol. The van der Waals surface area contributed by atoms with Gasteiger partial charge >= 0.3 is 0 Å². The zero-order valence-electron chi connectivity index (χ0n) is 15.4. The highest BCUT2D eigenvalue weighted by atomic mass is 32.1. The van der Waals surface area contributed by atoms with Gasteiger partial charge in [-0.1, -0.05) is 12.1 Å². The van der Waals surface area contributed by atoms with Gasteiger partial charge in [0.15, 0.2) is 0 Å². The van der Waals surface area contributed by atoms with Gasteiger partial charge in [0.25, 0.3) is 0 Å². The Kier molecular flexibility index (Phi) is 5.57. The zero-order chi connectivity index (χ0) is 18.0. The topological polar surface area (TPSA) is 41.3 Å². The van der Waals surface area contributed by atoms with Gasteiger partial charge in [-0.05, 0) is 56.8 Å². The van der Waals surface area contributed by atoms with Gasteiger partial charge in [-0.25, -0.2) is 4.98 Å². The van der Waals surface area contributed by atoms with E-state index in [1.165, 1.54) is 16.0 Å². The van der Waals surface area contributed by atoms with E-state index in [0.29, 0.717) is 12.6 Å². The first-order chi connectivity index (χ1) is 12.0. The number of nitrogens with zero attached hydrogens (tertiary/aromatic N) is 3. The van der Waals surface area contributed by atoms with Crippen LogP contribution >= 0.6 is 11.3 Å². The number of imidazole rings is 1. The minimum Gasteiger partial charge on any atom is -0.392 e. The van der Waals surface area contributed by atoms with Gasteiger partial charge in [0.05, 0.1) is 23.7 Å². The molecule has 2 aromatic heterocycles. The number of thiophene rings is 1. The zero-order valence-corrected chi connectivity index (χ0v) is 16.3. The third-order valence-electron chi connectivity index (χ3n) is 4.41. The van der Waals surface area contributed by atoms with E-state index in [1.54, 1.807) is 11.3 Å². The molecule has 0 fully saturated rings. The second kappa shape index (κ2) is 7.68. The maximum atomic E-state index is 9.95. The molecule has 2 heterocycles. The summed E-state index contributed by atoms with van der Waals surface area (Å²) < 4.78 is 2.31. The molecule has 25 heavy (non-hydrogen) atoms. The van der Waals surface area contributed by atoms with Crippen molar-refractivity contribution in [1.29, 1.82) is 0 Å².